The Kier molecular flexibility index (Phi) is 5.06. The third-order valence-electron chi connectivity index (χ3n) is 2.68. The zero-order valence-corrected chi connectivity index (χ0v) is 12.7. The Morgan fingerprint density at radius 2 is 1.76 bits per heavy atom. The van der Waals surface area contributed by atoms with E-state index >= 15 is 0 Å². The molecule has 0 amide bonds. The molecule has 0 saturated heterocycles. The molecule has 0 unspecified atom stereocenters. The van der Waals surface area contributed by atoms with Crippen LogP contribution in [-0.2, 0) is 10.0 Å². The van der Waals surface area contributed by atoms with Crippen molar-refractivity contribution in [3.05, 3.63) is 53.6 Å². The Morgan fingerprint density at radius 3 is 2.43 bits per heavy atom. The van der Waals surface area contributed by atoms with Crippen molar-refractivity contribution in [2.24, 2.45) is 0 Å². The molecule has 0 saturated carbocycles. The molecule has 0 heterocycles. The molecule has 0 aliphatic heterocycles. The molecule has 0 bridgehead atoms. The van der Waals surface area contributed by atoms with Gasteiger partial charge in [-0.1, -0.05) is 23.7 Å². The number of nitrogen functional groups attached to an aromatic ring is 1. The van der Waals surface area contributed by atoms with Crippen molar-refractivity contribution >= 4 is 27.3 Å². The van der Waals surface area contributed by atoms with Gasteiger partial charge in [-0.05, 0) is 36.4 Å². The predicted octanol–water partition coefficient (Wildman–Crippen LogP) is 2.28. The van der Waals surface area contributed by atoms with Crippen molar-refractivity contribution in [3.8, 4) is 5.75 Å². The molecule has 0 atom stereocenters. The van der Waals surface area contributed by atoms with Crippen LogP contribution in [0.2, 0.25) is 5.02 Å². The smallest absolute Gasteiger partial charge is 0.240 e. The van der Waals surface area contributed by atoms with Crippen LogP contribution in [0.4, 0.5) is 5.69 Å². The van der Waals surface area contributed by atoms with Gasteiger partial charge in [0.2, 0.25) is 10.0 Å². The first-order valence-electron chi connectivity index (χ1n) is 6.21. The fraction of sp³-hybridized carbons (Fsp3) is 0.143. The molecule has 5 nitrogen and oxygen atoms in total. The average Bonchev–Trinajstić information content (AvgIpc) is 2.46. The van der Waals surface area contributed by atoms with Gasteiger partial charge in [0.25, 0.3) is 0 Å². The van der Waals surface area contributed by atoms with Crippen molar-refractivity contribution in [1.29, 1.82) is 0 Å². The number of rotatable bonds is 6. The number of hydrogen-bond acceptors (Lipinski definition) is 4. The van der Waals surface area contributed by atoms with Crippen LogP contribution < -0.4 is 15.2 Å². The van der Waals surface area contributed by atoms with Crippen LogP contribution in [0.3, 0.4) is 0 Å². The maximum absolute atomic E-state index is 12.0. The van der Waals surface area contributed by atoms with Crippen LogP contribution in [0, 0.1) is 0 Å². The molecule has 2 aromatic carbocycles. The molecule has 0 aromatic heterocycles. The molecule has 7 heteroatoms. The Labute approximate surface area is 128 Å². The van der Waals surface area contributed by atoms with E-state index in [9.17, 15) is 8.42 Å². The van der Waals surface area contributed by atoms with Crippen LogP contribution in [0.5, 0.6) is 5.75 Å². The number of nitrogens with one attached hydrogen (secondary N) is 1. The summed E-state index contributed by atoms with van der Waals surface area (Å²) in [7, 11) is -3.56. The molecule has 2 aromatic rings. The summed E-state index contributed by atoms with van der Waals surface area (Å²) in [6.07, 6.45) is 0. The number of nitrogens with two attached hydrogens (primary N) is 1. The first-order chi connectivity index (χ1) is 9.99. The second-order valence-corrected chi connectivity index (χ2v) is 6.42. The highest BCUT2D eigenvalue weighted by atomic mass is 35.5. The summed E-state index contributed by atoms with van der Waals surface area (Å²) >= 11 is 5.93. The van der Waals surface area contributed by atoms with E-state index in [-0.39, 0.29) is 18.0 Å². The molecule has 0 radical (unpaired) electrons. The van der Waals surface area contributed by atoms with Gasteiger partial charge in [-0.15, -0.1) is 0 Å². The average molecular weight is 327 g/mol. The van der Waals surface area contributed by atoms with Gasteiger partial charge >= 0.3 is 0 Å². The summed E-state index contributed by atoms with van der Waals surface area (Å²) in [6, 6.07) is 13.0. The van der Waals surface area contributed by atoms with Crippen LogP contribution >= 0.6 is 11.6 Å². The third kappa shape index (κ3) is 4.35. The van der Waals surface area contributed by atoms with Gasteiger partial charge in [0, 0.05) is 12.2 Å². The summed E-state index contributed by atoms with van der Waals surface area (Å²) in [6.45, 7) is 0.315. The maximum atomic E-state index is 12.0. The highest BCUT2D eigenvalue weighted by molar-refractivity contribution is 7.89. The lowest BCUT2D eigenvalue weighted by Gasteiger charge is -2.09. The molecule has 0 aliphatic rings. The summed E-state index contributed by atoms with van der Waals surface area (Å²) in [5.41, 5.74) is 6.03. The molecule has 0 aliphatic carbocycles. The second-order valence-electron chi connectivity index (χ2n) is 4.25. The number of hydrogen-bond donors (Lipinski definition) is 2. The number of anilines is 1. The van der Waals surface area contributed by atoms with E-state index in [2.05, 4.69) is 4.72 Å². The topological polar surface area (TPSA) is 81.4 Å². The van der Waals surface area contributed by atoms with Gasteiger partial charge in [-0.2, -0.15) is 0 Å². The Hall–Kier alpha value is -1.76. The Balaban J connectivity index is 1.88. The number of sulfonamides is 1. The van der Waals surface area contributed by atoms with E-state index < -0.39 is 10.0 Å². The zero-order valence-electron chi connectivity index (χ0n) is 11.1. The van der Waals surface area contributed by atoms with E-state index in [1.807, 2.05) is 0 Å². The Morgan fingerprint density at radius 1 is 1.10 bits per heavy atom. The lowest BCUT2D eigenvalue weighted by atomic mass is 10.3. The summed E-state index contributed by atoms with van der Waals surface area (Å²) in [5.74, 6) is 0.519. The van der Waals surface area contributed by atoms with Gasteiger partial charge in [0.15, 0.2) is 0 Å². The molecule has 112 valence electrons. The first kappa shape index (κ1) is 15.6. The van der Waals surface area contributed by atoms with Crippen LogP contribution in [0.1, 0.15) is 0 Å². The molecule has 0 spiro atoms. The summed E-state index contributed by atoms with van der Waals surface area (Å²) < 4.78 is 31.8. The number of halogens is 1. The van der Waals surface area contributed by atoms with Crippen molar-refractivity contribution in [2.75, 3.05) is 18.9 Å². The molecule has 2 rings (SSSR count). The van der Waals surface area contributed by atoms with E-state index in [0.717, 1.165) is 0 Å². The van der Waals surface area contributed by atoms with Crippen molar-refractivity contribution in [3.63, 3.8) is 0 Å². The minimum atomic E-state index is -3.56. The van der Waals surface area contributed by atoms with Crippen LogP contribution in [-0.4, -0.2) is 21.6 Å². The van der Waals surface area contributed by atoms with Gasteiger partial charge in [-0.3, -0.25) is 0 Å². The maximum Gasteiger partial charge on any atom is 0.240 e. The standard InChI is InChI=1S/C14H15ClN2O3S/c15-13-3-1-2-4-14(13)20-10-9-17-21(18,19)12-7-5-11(16)6-8-12/h1-8,17H,9-10,16H2. The van der Waals surface area contributed by atoms with Crippen LogP contribution in [0.15, 0.2) is 53.4 Å². The molecule has 0 fully saturated rings. The molecule has 21 heavy (non-hydrogen) atoms. The minimum Gasteiger partial charge on any atom is -0.491 e. The number of ether oxygens (including phenoxy) is 1. The largest absolute Gasteiger partial charge is 0.491 e. The van der Waals surface area contributed by atoms with E-state index in [4.69, 9.17) is 22.1 Å². The highest BCUT2D eigenvalue weighted by Crippen LogP contribution is 2.22. The van der Waals surface area contributed by atoms with Gasteiger partial charge in [0.1, 0.15) is 12.4 Å². The first-order valence-corrected chi connectivity index (χ1v) is 8.08. The number of para-hydroxylation sites is 1. The quantitative estimate of drug-likeness (QED) is 0.630. The van der Waals surface area contributed by atoms with Gasteiger partial charge < -0.3 is 10.5 Å². The van der Waals surface area contributed by atoms with Gasteiger partial charge in [0.05, 0.1) is 9.92 Å². The van der Waals surface area contributed by atoms with E-state index in [0.29, 0.717) is 16.5 Å². The fourth-order valence-electron chi connectivity index (χ4n) is 1.63. The monoisotopic (exact) mass is 326 g/mol. The lowest BCUT2D eigenvalue weighted by Crippen LogP contribution is -2.28. The van der Waals surface area contributed by atoms with Gasteiger partial charge in [-0.25, -0.2) is 13.1 Å². The van der Waals surface area contributed by atoms with Crippen LogP contribution in [0.25, 0.3) is 0 Å². The van der Waals surface area contributed by atoms with Crippen molar-refractivity contribution in [1.82, 2.24) is 4.72 Å². The normalized spacial score (nSPS) is 11.3. The fourth-order valence-corrected chi connectivity index (χ4v) is 2.83. The number of benzene rings is 2. The highest BCUT2D eigenvalue weighted by Gasteiger charge is 2.12. The van der Waals surface area contributed by atoms with Crippen molar-refractivity contribution in [2.45, 2.75) is 4.90 Å². The third-order valence-corrected chi connectivity index (χ3v) is 4.47. The molecular formula is C14H15ClN2O3S. The second kappa shape index (κ2) is 6.80. The molecule has 3 N–H and O–H groups in total. The summed E-state index contributed by atoms with van der Waals surface area (Å²) in [5, 5.41) is 0.485. The SMILES string of the molecule is Nc1ccc(S(=O)(=O)NCCOc2ccccc2Cl)cc1. The molecular weight excluding hydrogens is 312 g/mol. The van der Waals surface area contributed by atoms with E-state index in [1.165, 1.54) is 24.3 Å². The zero-order chi connectivity index (χ0) is 15.3. The lowest BCUT2D eigenvalue weighted by molar-refractivity contribution is 0.323. The minimum absolute atomic E-state index is 0.137. The van der Waals surface area contributed by atoms with Crippen molar-refractivity contribution < 1.29 is 13.2 Å². The summed E-state index contributed by atoms with van der Waals surface area (Å²) in [4.78, 5) is 0.162. The van der Waals surface area contributed by atoms with E-state index in [1.54, 1.807) is 24.3 Å². The Bertz CT molecular complexity index is 702. The predicted molar refractivity (Wildman–Crippen MR) is 83.0 cm³/mol.